The lowest BCUT2D eigenvalue weighted by Gasteiger charge is -2.30. The van der Waals surface area contributed by atoms with Gasteiger partial charge in [-0.2, -0.15) is 0 Å². The van der Waals surface area contributed by atoms with Crippen LogP contribution < -0.4 is 10.2 Å². The Morgan fingerprint density at radius 1 is 0.939 bits per heavy atom. The number of hydrogen-bond acceptors (Lipinski definition) is 3. The van der Waals surface area contributed by atoms with E-state index in [0.717, 1.165) is 17.7 Å². The molecule has 2 atom stereocenters. The molecule has 0 radical (unpaired) electrons. The van der Waals surface area contributed by atoms with E-state index in [1.807, 2.05) is 48.2 Å². The molecular weight excluding hydrogens is 410 g/mol. The predicted octanol–water partition coefficient (Wildman–Crippen LogP) is 5.54. The molecule has 5 nitrogen and oxygen atoms in total. The third-order valence-corrected chi connectivity index (χ3v) is 6.47. The van der Waals surface area contributed by atoms with Gasteiger partial charge in [0.15, 0.2) is 0 Å². The van der Waals surface area contributed by atoms with Gasteiger partial charge in [-0.3, -0.25) is 9.59 Å². The summed E-state index contributed by atoms with van der Waals surface area (Å²) in [7, 11) is 4.19. The lowest BCUT2D eigenvalue weighted by molar-refractivity contribution is 0.0985. The van der Waals surface area contributed by atoms with Gasteiger partial charge in [-0.25, -0.2) is 0 Å². The molecule has 0 spiro atoms. The van der Waals surface area contributed by atoms with Crippen molar-refractivity contribution in [1.29, 1.82) is 0 Å². The maximum atomic E-state index is 13.5. The van der Waals surface area contributed by atoms with Crippen molar-refractivity contribution in [2.24, 2.45) is 5.92 Å². The molecular formula is C28H31N3O2. The molecule has 0 aliphatic carbocycles. The van der Waals surface area contributed by atoms with E-state index < -0.39 is 0 Å². The number of benzene rings is 3. The molecule has 170 valence electrons. The quantitative estimate of drug-likeness (QED) is 0.579. The highest BCUT2D eigenvalue weighted by molar-refractivity contribution is 6.08. The first-order valence-corrected chi connectivity index (χ1v) is 11.4. The van der Waals surface area contributed by atoms with Crippen LogP contribution in [0.15, 0.2) is 72.8 Å². The molecule has 1 heterocycles. The van der Waals surface area contributed by atoms with Crippen molar-refractivity contribution in [2.75, 3.05) is 30.9 Å². The van der Waals surface area contributed by atoms with Crippen LogP contribution in [-0.2, 0) is 0 Å². The van der Waals surface area contributed by atoms with Crippen molar-refractivity contribution in [1.82, 2.24) is 4.90 Å². The van der Waals surface area contributed by atoms with E-state index in [1.54, 1.807) is 30.3 Å². The first-order chi connectivity index (χ1) is 15.9. The number of rotatable bonds is 4. The zero-order valence-electron chi connectivity index (χ0n) is 19.7. The highest BCUT2D eigenvalue weighted by atomic mass is 16.2. The monoisotopic (exact) mass is 441 g/mol. The molecule has 0 fully saturated rings. The molecule has 0 aromatic heterocycles. The topological polar surface area (TPSA) is 52.7 Å². The molecule has 3 aromatic carbocycles. The Balaban J connectivity index is 1.56. The van der Waals surface area contributed by atoms with Crippen LogP contribution in [0.4, 0.5) is 11.4 Å². The third-order valence-electron chi connectivity index (χ3n) is 6.47. The Bertz CT molecular complexity index is 1150. The van der Waals surface area contributed by atoms with Gasteiger partial charge in [0.2, 0.25) is 0 Å². The van der Waals surface area contributed by atoms with Gasteiger partial charge in [-0.1, -0.05) is 43.3 Å². The van der Waals surface area contributed by atoms with Crippen molar-refractivity contribution in [3.8, 4) is 0 Å². The predicted molar refractivity (Wildman–Crippen MR) is 134 cm³/mol. The van der Waals surface area contributed by atoms with Crippen molar-refractivity contribution >= 4 is 23.2 Å². The van der Waals surface area contributed by atoms with Crippen molar-refractivity contribution in [2.45, 2.75) is 26.3 Å². The number of amides is 2. The van der Waals surface area contributed by atoms with Crippen LogP contribution >= 0.6 is 0 Å². The van der Waals surface area contributed by atoms with Gasteiger partial charge in [0.1, 0.15) is 0 Å². The summed E-state index contributed by atoms with van der Waals surface area (Å²) in [5, 5.41) is 2.93. The van der Waals surface area contributed by atoms with Crippen LogP contribution in [0.5, 0.6) is 0 Å². The Morgan fingerprint density at radius 3 is 2.30 bits per heavy atom. The summed E-state index contributed by atoms with van der Waals surface area (Å²) in [4.78, 5) is 30.3. The fourth-order valence-corrected chi connectivity index (χ4v) is 4.78. The van der Waals surface area contributed by atoms with Crippen LogP contribution in [0.2, 0.25) is 0 Å². The number of para-hydroxylation sites is 1. The summed E-state index contributed by atoms with van der Waals surface area (Å²) in [5.41, 5.74) is 4.99. The standard InChI is InChI=1S/C28H31N3O2/c1-19-9-5-6-10-23(19)27(32)29-22-15-13-21(14-16-22)28(33)31-18-17-20(2)26(30(3)4)24-11-7-8-12-25(24)31/h5-16,20,26H,17-18H2,1-4H3,(H,29,32). The zero-order chi connectivity index (χ0) is 23.5. The minimum Gasteiger partial charge on any atom is -0.322 e. The summed E-state index contributed by atoms with van der Waals surface area (Å²) in [6.45, 7) is 4.84. The molecule has 4 rings (SSSR count). The van der Waals surface area contributed by atoms with Gasteiger partial charge in [-0.05, 0) is 80.9 Å². The largest absolute Gasteiger partial charge is 0.322 e. The van der Waals surface area contributed by atoms with Crippen molar-refractivity contribution < 1.29 is 9.59 Å². The van der Waals surface area contributed by atoms with Crippen LogP contribution in [0, 0.1) is 12.8 Å². The third kappa shape index (κ3) is 4.69. The van der Waals surface area contributed by atoms with Gasteiger partial charge in [0, 0.05) is 35.1 Å². The highest BCUT2D eigenvalue weighted by Gasteiger charge is 2.32. The number of carbonyl (C=O) groups is 2. The Labute approximate surface area is 196 Å². The first kappa shape index (κ1) is 22.7. The molecule has 1 aliphatic rings. The second-order valence-electron chi connectivity index (χ2n) is 9.04. The number of fused-ring (bicyclic) bond motifs is 1. The number of hydrogen-bond donors (Lipinski definition) is 1. The number of nitrogens with one attached hydrogen (secondary N) is 1. The zero-order valence-corrected chi connectivity index (χ0v) is 19.7. The van der Waals surface area contributed by atoms with E-state index in [9.17, 15) is 9.59 Å². The molecule has 1 aliphatic heterocycles. The highest BCUT2D eigenvalue weighted by Crippen LogP contribution is 2.39. The maximum absolute atomic E-state index is 13.5. The number of nitrogens with zero attached hydrogens (tertiary/aromatic N) is 2. The smallest absolute Gasteiger partial charge is 0.258 e. The number of aryl methyl sites for hydroxylation is 1. The molecule has 0 saturated carbocycles. The molecule has 0 saturated heterocycles. The van der Waals surface area contributed by atoms with E-state index >= 15 is 0 Å². The van der Waals surface area contributed by atoms with Crippen molar-refractivity contribution in [3.63, 3.8) is 0 Å². The summed E-state index contributed by atoms with van der Waals surface area (Å²) in [6, 6.07) is 23.1. The van der Waals surface area contributed by atoms with Gasteiger partial charge in [0.25, 0.3) is 11.8 Å². The van der Waals surface area contributed by atoms with Gasteiger partial charge >= 0.3 is 0 Å². The lowest BCUT2D eigenvalue weighted by Crippen LogP contribution is -2.32. The Morgan fingerprint density at radius 2 is 1.61 bits per heavy atom. The van der Waals surface area contributed by atoms with Gasteiger partial charge in [-0.15, -0.1) is 0 Å². The average molecular weight is 442 g/mol. The molecule has 1 N–H and O–H groups in total. The van der Waals surface area contributed by atoms with Gasteiger partial charge in [0.05, 0.1) is 0 Å². The molecule has 3 aromatic rings. The molecule has 5 heteroatoms. The summed E-state index contributed by atoms with van der Waals surface area (Å²) in [6.07, 6.45) is 0.924. The fraction of sp³-hybridized carbons (Fsp3) is 0.286. The van der Waals surface area contributed by atoms with E-state index in [4.69, 9.17) is 0 Å². The van der Waals surface area contributed by atoms with Crippen LogP contribution in [-0.4, -0.2) is 37.4 Å². The van der Waals surface area contributed by atoms with Crippen LogP contribution in [0.3, 0.4) is 0 Å². The average Bonchev–Trinajstić information content (AvgIpc) is 2.95. The number of anilines is 2. The molecule has 0 bridgehead atoms. The summed E-state index contributed by atoms with van der Waals surface area (Å²) in [5.74, 6) is 0.251. The SMILES string of the molecule is Cc1ccccc1C(=O)Nc1ccc(C(=O)N2CCC(C)C(N(C)C)c3ccccc32)cc1. The van der Waals surface area contributed by atoms with Crippen LogP contribution in [0.25, 0.3) is 0 Å². The maximum Gasteiger partial charge on any atom is 0.258 e. The minimum absolute atomic E-state index is 0.0224. The van der Waals surface area contributed by atoms with Gasteiger partial charge < -0.3 is 15.1 Å². The molecule has 33 heavy (non-hydrogen) atoms. The second kappa shape index (κ2) is 9.59. The molecule has 2 unspecified atom stereocenters. The Hall–Kier alpha value is -3.44. The van der Waals surface area contributed by atoms with E-state index in [-0.39, 0.29) is 17.9 Å². The first-order valence-electron chi connectivity index (χ1n) is 11.4. The summed E-state index contributed by atoms with van der Waals surface area (Å²) >= 11 is 0. The Kier molecular flexibility index (Phi) is 6.61. The van der Waals surface area contributed by atoms with Crippen LogP contribution in [0.1, 0.15) is 51.2 Å². The minimum atomic E-state index is -0.155. The summed E-state index contributed by atoms with van der Waals surface area (Å²) < 4.78 is 0. The van der Waals surface area contributed by atoms with E-state index in [1.165, 1.54) is 5.56 Å². The van der Waals surface area contributed by atoms with E-state index in [2.05, 4.69) is 37.3 Å². The molecule has 2 amide bonds. The second-order valence-corrected chi connectivity index (χ2v) is 9.04. The van der Waals surface area contributed by atoms with Crippen molar-refractivity contribution in [3.05, 3.63) is 95.1 Å². The number of carbonyl (C=O) groups excluding carboxylic acids is 2. The fourth-order valence-electron chi connectivity index (χ4n) is 4.78. The normalized spacial score (nSPS) is 17.9. The van der Waals surface area contributed by atoms with E-state index in [0.29, 0.717) is 29.3 Å². The lowest BCUT2D eigenvalue weighted by atomic mass is 9.91.